The fourth-order valence-corrected chi connectivity index (χ4v) is 0.791. The first-order chi connectivity index (χ1) is 7.50. The molecule has 0 bridgehead atoms. The van der Waals surface area contributed by atoms with Crippen LogP contribution in [0.2, 0.25) is 0 Å². The van der Waals surface area contributed by atoms with Crippen molar-refractivity contribution in [1.29, 1.82) is 0 Å². The monoisotopic (exact) mass is 229 g/mol. The van der Waals surface area contributed by atoms with Crippen LogP contribution in [0.1, 0.15) is 7.43 Å². The summed E-state index contributed by atoms with van der Waals surface area (Å²) in [6.07, 6.45) is 4.46. The third-order valence-corrected chi connectivity index (χ3v) is 1.46. The molecule has 3 aliphatic heterocycles. The Morgan fingerprint density at radius 3 is 1.00 bits per heavy atom. The molecule has 3 rings (SSSR count). The fraction of sp³-hybridized carbons (Fsp3) is 0.700. The number of ether oxygens (including phenoxy) is 3. The predicted octanol–water partition coefficient (Wildman–Crippen LogP) is 0.771. The number of rotatable bonds is 0. The van der Waals surface area contributed by atoms with Gasteiger partial charge in [-0.1, -0.05) is 7.43 Å². The van der Waals surface area contributed by atoms with Crippen LogP contribution in [0.3, 0.4) is 0 Å². The van der Waals surface area contributed by atoms with Crippen molar-refractivity contribution >= 4 is 19.2 Å². The number of nitrogens with zero attached hydrogens (tertiary/aromatic N) is 3. The summed E-state index contributed by atoms with van der Waals surface area (Å²) in [6, 6.07) is 0. The molecule has 0 aromatic rings. The lowest BCUT2D eigenvalue weighted by Gasteiger charge is -1.76. The van der Waals surface area contributed by atoms with Crippen molar-refractivity contribution in [2.75, 3.05) is 39.5 Å². The van der Waals surface area contributed by atoms with Gasteiger partial charge in [-0.3, -0.25) is 15.0 Å². The summed E-state index contributed by atoms with van der Waals surface area (Å²) in [4.78, 5) is 11.2. The minimum absolute atomic E-state index is 0. The van der Waals surface area contributed by atoms with Crippen molar-refractivity contribution in [3.63, 3.8) is 0 Å². The quantitative estimate of drug-likeness (QED) is 0.616. The van der Waals surface area contributed by atoms with Gasteiger partial charge >= 0.3 is 0 Å². The van der Waals surface area contributed by atoms with Crippen LogP contribution in [0.4, 0.5) is 0 Å². The lowest BCUT2D eigenvalue weighted by atomic mass is 10.8. The molecule has 0 radical (unpaired) electrons. The molecule has 0 aliphatic carbocycles. The molecular formula is C10H19N3O3. The molecule has 92 valence electrons. The van der Waals surface area contributed by atoms with Crippen LogP contribution in [0.15, 0.2) is 15.0 Å². The van der Waals surface area contributed by atoms with Gasteiger partial charge in [-0.2, -0.15) is 0 Å². The van der Waals surface area contributed by atoms with Crippen LogP contribution >= 0.6 is 0 Å². The summed E-state index contributed by atoms with van der Waals surface area (Å²) in [5.41, 5.74) is 0. The lowest BCUT2D eigenvalue weighted by molar-refractivity contribution is 0.361. The summed E-state index contributed by atoms with van der Waals surface area (Å²) in [5, 5.41) is 0. The van der Waals surface area contributed by atoms with Gasteiger partial charge in [0.1, 0.15) is 19.8 Å². The smallest absolute Gasteiger partial charge is 0.169 e. The molecule has 3 heterocycles. The van der Waals surface area contributed by atoms with E-state index in [0.29, 0.717) is 0 Å². The van der Waals surface area contributed by atoms with E-state index in [1.54, 1.807) is 0 Å². The van der Waals surface area contributed by atoms with E-state index in [1.165, 1.54) is 19.2 Å². The molecule has 0 saturated carbocycles. The van der Waals surface area contributed by atoms with Gasteiger partial charge in [0.2, 0.25) is 0 Å². The minimum Gasteiger partial charge on any atom is -0.482 e. The van der Waals surface area contributed by atoms with Crippen molar-refractivity contribution in [1.82, 2.24) is 0 Å². The maximum Gasteiger partial charge on any atom is 0.169 e. The zero-order chi connectivity index (χ0) is 10.6. The second-order valence-electron chi connectivity index (χ2n) is 2.65. The van der Waals surface area contributed by atoms with Crippen LogP contribution in [0.5, 0.6) is 0 Å². The van der Waals surface area contributed by atoms with Gasteiger partial charge in [0, 0.05) is 0 Å². The molecule has 6 nitrogen and oxygen atoms in total. The largest absolute Gasteiger partial charge is 0.482 e. The highest BCUT2D eigenvalue weighted by Gasteiger charge is 1.85. The third-order valence-electron chi connectivity index (χ3n) is 1.46. The zero-order valence-corrected chi connectivity index (χ0v) is 8.54. The number of aliphatic imine (C=N–C) groups is 3. The molecule has 0 saturated heterocycles. The first-order valence-electron chi connectivity index (χ1n) is 4.80. The highest BCUT2D eigenvalue weighted by Crippen LogP contribution is 1.79. The average Bonchev–Trinajstić information content (AvgIpc) is 3.09. The maximum atomic E-state index is 4.65. The Kier molecular flexibility index (Phi) is 10.3. The van der Waals surface area contributed by atoms with Crippen LogP contribution in [-0.4, -0.2) is 58.7 Å². The Morgan fingerprint density at radius 2 is 0.938 bits per heavy atom. The van der Waals surface area contributed by atoms with Crippen LogP contribution < -0.4 is 0 Å². The Labute approximate surface area is 96.1 Å². The molecule has 16 heavy (non-hydrogen) atoms. The number of hydrogen-bond donors (Lipinski definition) is 0. The minimum atomic E-state index is 0. The standard InChI is InChI=1S/3C3H5NO.CH4/c3*1-2-5-3-4-1;/h3*3H,1-2H2;1H4. The molecule has 0 fully saturated rings. The molecular weight excluding hydrogens is 210 g/mol. The molecule has 0 atom stereocenters. The fourth-order valence-electron chi connectivity index (χ4n) is 0.791. The van der Waals surface area contributed by atoms with E-state index in [-0.39, 0.29) is 7.43 Å². The predicted molar refractivity (Wildman–Crippen MR) is 64.7 cm³/mol. The van der Waals surface area contributed by atoms with Crippen LogP contribution in [0.25, 0.3) is 0 Å². The molecule has 0 N–H and O–H groups in total. The van der Waals surface area contributed by atoms with E-state index in [2.05, 4.69) is 29.2 Å². The van der Waals surface area contributed by atoms with E-state index in [4.69, 9.17) is 0 Å². The van der Waals surface area contributed by atoms with Gasteiger partial charge in [0.25, 0.3) is 0 Å². The first kappa shape index (κ1) is 14.4. The van der Waals surface area contributed by atoms with Crippen LogP contribution in [0, 0.1) is 0 Å². The number of hydrogen-bond acceptors (Lipinski definition) is 6. The van der Waals surface area contributed by atoms with Gasteiger partial charge in [0.05, 0.1) is 19.6 Å². The first-order valence-corrected chi connectivity index (χ1v) is 4.80. The zero-order valence-electron chi connectivity index (χ0n) is 8.54. The average molecular weight is 229 g/mol. The van der Waals surface area contributed by atoms with Gasteiger partial charge in [-0.05, 0) is 0 Å². The second kappa shape index (κ2) is 11.5. The van der Waals surface area contributed by atoms with Crippen molar-refractivity contribution in [2.45, 2.75) is 7.43 Å². The van der Waals surface area contributed by atoms with Gasteiger partial charge < -0.3 is 14.2 Å². The maximum absolute atomic E-state index is 4.65. The topological polar surface area (TPSA) is 64.8 Å². The normalized spacial score (nSPS) is 18.0. The lowest BCUT2D eigenvalue weighted by Crippen LogP contribution is -1.80. The summed E-state index contributed by atoms with van der Waals surface area (Å²) in [5.74, 6) is 0. The van der Waals surface area contributed by atoms with Crippen molar-refractivity contribution in [3.05, 3.63) is 0 Å². The highest BCUT2D eigenvalue weighted by molar-refractivity contribution is 5.48. The Balaban J connectivity index is 0.000000205. The van der Waals surface area contributed by atoms with Gasteiger partial charge in [0.15, 0.2) is 19.2 Å². The molecule has 0 aromatic carbocycles. The molecule has 0 unspecified atom stereocenters. The van der Waals surface area contributed by atoms with E-state index in [1.807, 2.05) is 0 Å². The molecule has 3 aliphatic rings. The van der Waals surface area contributed by atoms with E-state index in [9.17, 15) is 0 Å². The van der Waals surface area contributed by atoms with Gasteiger partial charge in [-0.25, -0.2) is 0 Å². The Hall–Kier alpha value is -1.59. The molecule has 0 aromatic heterocycles. The van der Waals surface area contributed by atoms with Crippen molar-refractivity contribution in [3.8, 4) is 0 Å². The summed E-state index contributed by atoms with van der Waals surface area (Å²) in [7, 11) is 0. The highest BCUT2D eigenvalue weighted by atomic mass is 16.5. The summed E-state index contributed by atoms with van der Waals surface area (Å²) in [6.45, 7) is 4.88. The summed E-state index contributed by atoms with van der Waals surface area (Å²) >= 11 is 0. The van der Waals surface area contributed by atoms with E-state index in [0.717, 1.165) is 39.5 Å². The van der Waals surface area contributed by atoms with Crippen molar-refractivity contribution in [2.24, 2.45) is 15.0 Å². The summed E-state index contributed by atoms with van der Waals surface area (Å²) < 4.78 is 14.0. The van der Waals surface area contributed by atoms with Crippen molar-refractivity contribution < 1.29 is 14.2 Å². The Bertz CT molecular complexity index is 173. The van der Waals surface area contributed by atoms with Crippen LogP contribution in [-0.2, 0) is 14.2 Å². The SMILES string of the molecule is C.C1=NCCO1.C1=NCCO1.C1=NCCO1. The van der Waals surface area contributed by atoms with Gasteiger partial charge in [-0.15, -0.1) is 0 Å². The second-order valence-corrected chi connectivity index (χ2v) is 2.65. The molecule has 0 amide bonds. The van der Waals surface area contributed by atoms with E-state index >= 15 is 0 Å². The van der Waals surface area contributed by atoms with E-state index < -0.39 is 0 Å². The Morgan fingerprint density at radius 1 is 0.625 bits per heavy atom. The molecule has 6 heteroatoms. The third kappa shape index (κ3) is 8.98. The molecule has 0 spiro atoms.